The lowest BCUT2D eigenvalue weighted by atomic mass is 9.82. The third kappa shape index (κ3) is 2.94. The summed E-state index contributed by atoms with van der Waals surface area (Å²) < 4.78 is 10.2. The van der Waals surface area contributed by atoms with E-state index in [0.717, 1.165) is 25.7 Å². The summed E-state index contributed by atoms with van der Waals surface area (Å²) >= 11 is 0. The minimum absolute atomic E-state index is 0.00410. The quantitative estimate of drug-likeness (QED) is 0.807. The summed E-state index contributed by atoms with van der Waals surface area (Å²) in [4.78, 5) is 20.2. The molecule has 6 heteroatoms. The van der Waals surface area contributed by atoms with E-state index >= 15 is 0 Å². The second kappa shape index (κ2) is 6.03. The molecule has 0 spiro atoms. The first-order chi connectivity index (χ1) is 10.3. The molecular formula is C15H17N3O3. The van der Waals surface area contributed by atoms with Crippen LogP contribution < -0.4 is 0 Å². The lowest BCUT2D eigenvalue weighted by molar-refractivity contribution is -0.146. The standard InChI is InChI=1S/C15H17N3O3/c1-20-15(19)11-7-5-10(6-8-11)14-17-13(18-21-14)12-4-2-3-9-16-12/h2-4,9-11H,5-8H2,1H3/t10-,11-. The van der Waals surface area contributed by atoms with Crippen LogP contribution in [0.15, 0.2) is 28.9 Å². The lowest BCUT2D eigenvalue weighted by Crippen LogP contribution is -2.22. The Labute approximate surface area is 122 Å². The SMILES string of the molecule is COC(=O)[C@H]1CC[C@H](c2nc(-c3ccccn3)no2)CC1. The third-order valence-corrected chi connectivity index (χ3v) is 3.95. The minimum atomic E-state index is -0.117. The Kier molecular flexibility index (Phi) is 3.94. The maximum atomic E-state index is 11.5. The van der Waals surface area contributed by atoms with Crippen molar-refractivity contribution in [2.75, 3.05) is 7.11 Å². The molecule has 0 saturated heterocycles. The molecule has 3 rings (SSSR count). The van der Waals surface area contributed by atoms with Crippen molar-refractivity contribution < 1.29 is 14.1 Å². The van der Waals surface area contributed by atoms with Crippen molar-refractivity contribution >= 4 is 5.97 Å². The second-order valence-corrected chi connectivity index (χ2v) is 5.24. The zero-order chi connectivity index (χ0) is 14.7. The molecule has 1 saturated carbocycles. The van der Waals surface area contributed by atoms with Crippen LogP contribution in [0.5, 0.6) is 0 Å². The molecule has 1 aliphatic rings. The number of carbonyl (C=O) groups excluding carboxylic acids is 1. The number of hydrogen-bond donors (Lipinski definition) is 0. The highest BCUT2D eigenvalue weighted by atomic mass is 16.5. The van der Waals surface area contributed by atoms with Crippen LogP contribution in [0.3, 0.4) is 0 Å². The van der Waals surface area contributed by atoms with Gasteiger partial charge in [0.15, 0.2) is 0 Å². The molecule has 110 valence electrons. The summed E-state index contributed by atoms with van der Waals surface area (Å²) in [5.74, 6) is 1.26. The molecule has 2 aromatic heterocycles. The first-order valence-corrected chi connectivity index (χ1v) is 7.10. The average molecular weight is 287 g/mol. The number of rotatable bonds is 3. The first-order valence-electron chi connectivity index (χ1n) is 7.10. The molecule has 0 bridgehead atoms. The average Bonchev–Trinajstić information content (AvgIpc) is 3.05. The fourth-order valence-electron chi connectivity index (χ4n) is 2.74. The van der Waals surface area contributed by atoms with Crippen molar-refractivity contribution in [3.05, 3.63) is 30.3 Å². The van der Waals surface area contributed by atoms with Gasteiger partial charge in [-0.25, -0.2) is 0 Å². The van der Waals surface area contributed by atoms with Crippen LogP contribution in [0.1, 0.15) is 37.5 Å². The molecule has 0 aromatic carbocycles. The fourth-order valence-corrected chi connectivity index (χ4v) is 2.74. The number of esters is 1. The molecule has 21 heavy (non-hydrogen) atoms. The van der Waals surface area contributed by atoms with Gasteiger partial charge < -0.3 is 9.26 Å². The van der Waals surface area contributed by atoms with Gasteiger partial charge in [0.2, 0.25) is 11.7 Å². The molecular weight excluding hydrogens is 270 g/mol. The number of ether oxygens (including phenoxy) is 1. The Morgan fingerprint density at radius 2 is 2.10 bits per heavy atom. The Hall–Kier alpha value is -2.24. The second-order valence-electron chi connectivity index (χ2n) is 5.24. The molecule has 0 amide bonds. The van der Waals surface area contributed by atoms with Crippen molar-refractivity contribution in [2.24, 2.45) is 5.92 Å². The molecule has 2 heterocycles. The number of hydrogen-bond acceptors (Lipinski definition) is 6. The zero-order valence-corrected chi connectivity index (χ0v) is 11.9. The first kappa shape index (κ1) is 13.7. The van der Waals surface area contributed by atoms with Crippen LogP contribution in [0, 0.1) is 5.92 Å². The monoisotopic (exact) mass is 287 g/mol. The maximum absolute atomic E-state index is 11.5. The molecule has 1 fully saturated rings. The molecule has 0 N–H and O–H groups in total. The highest BCUT2D eigenvalue weighted by molar-refractivity contribution is 5.72. The Morgan fingerprint density at radius 1 is 1.29 bits per heavy atom. The van der Waals surface area contributed by atoms with Crippen LogP contribution in [-0.4, -0.2) is 28.2 Å². The minimum Gasteiger partial charge on any atom is -0.469 e. The van der Waals surface area contributed by atoms with Gasteiger partial charge in [0.05, 0.1) is 13.0 Å². The van der Waals surface area contributed by atoms with E-state index in [4.69, 9.17) is 9.26 Å². The van der Waals surface area contributed by atoms with Crippen LogP contribution in [0.25, 0.3) is 11.5 Å². The molecule has 6 nitrogen and oxygen atoms in total. The highest BCUT2D eigenvalue weighted by Gasteiger charge is 2.30. The van der Waals surface area contributed by atoms with Gasteiger partial charge >= 0.3 is 5.97 Å². The van der Waals surface area contributed by atoms with E-state index in [1.54, 1.807) is 6.20 Å². The van der Waals surface area contributed by atoms with Gasteiger partial charge in [-0.1, -0.05) is 11.2 Å². The summed E-state index contributed by atoms with van der Waals surface area (Å²) in [5.41, 5.74) is 0.704. The van der Waals surface area contributed by atoms with Crippen LogP contribution in [0.2, 0.25) is 0 Å². The topological polar surface area (TPSA) is 78.1 Å². The number of nitrogens with zero attached hydrogens (tertiary/aromatic N) is 3. The summed E-state index contributed by atoms with van der Waals surface area (Å²) in [6.45, 7) is 0. The predicted molar refractivity (Wildman–Crippen MR) is 74.2 cm³/mol. The third-order valence-electron chi connectivity index (χ3n) is 3.95. The lowest BCUT2D eigenvalue weighted by Gasteiger charge is -2.24. The fraction of sp³-hybridized carbons (Fsp3) is 0.467. The Morgan fingerprint density at radius 3 is 2.76 bits per heavy atom. The van der Waals surface area contributed by atoms with Gasteiger partial charge in [-0.2, -0.15) is 4.98 Å². The molecule has 0 radical (unpaired) electrons. The van der Waals surface area contributed by atoms with Crippen LogP contribution in [0.4, 0.5) is 0 Å². The number of aromatic nitrogens is 3. The van der Waals surface area contributed by atoms with E-state index in [0.29, 0.717) is 17.4 Å². The van der Waals surface area contributed by atoms with Gasteiger partial charge in [0, 0.05) is 12.1 Å². The summed E-state index contributed by atoms with van der Waals surface area (Å²) in [7, 11) is 1.44. The maximum Gasteiger partial charge on any atom is 0.308 e. The summed E-state index contributed by atoms with van der Waals surface area (Å²) in [6, 6.07) is 5.58. The molecule has 0 unspecified atom stereocenters. The van der Waals surface area contributed by atoms with E-state index in [1.165, 1.54) is 7.11 Å². The van der Waals surface area contributed by atoms with Crippen LogP contribution in [-0.2, 0) is 9.53 Å². The number of carbonyl (C=O) groups is 1. The van der Waals surface area contributed by atoms with Gasteiger partial charge in [-0.3, -0.25) is 9.78 Å². The van der Waals surface area contributed by atoms with Gasteiger partial charge in [0.1, 0.15) is 5.69 Å². The van der Waals surface area contributed by atoms with E-state index in [2.05, 4.69) is 15.1 Å². The Balaban J connectivity index is 1.67. The Bertz CT molecular complexity index is 604. The van der Waals surface area contributed by atoms with Gasteiger partial charge in [0.25, 0.3) is 0 Å². The highest BCUT2D eigenvalue weighted by Crippen LogP contribution is 2.35. The molecule has 1 aliphatic carbocycles. The van der Waals surface area contributed by atoms with E-state index in [1.807, 2.05) is 18.2 Å². The molecule has 0 atom stereocenters. The molecule has 2 aromatic rings. The normalized spacial score (nSPS) is 22.0. The number of pyridine rings is 1. The number of methoxy groups -OCH3 is 1. The van der Waals surface area contributed by atoms with E-state index in [9.17, 15) is 4.79 Å². The predicted octanol–water partition coefficient (Wildman–Crippen LogP) is 2.58. The summed E-state index contributed by atoms with van der Waals surface area (Å²) in [5, 5.41) is 3.99. The van der Waals surface area contributed by atoms with E-state index < -0.39 is 0 Å². The van der Waals surface area contributed by atoms with Crippen molar-refractivity contribution in [3.63, 3.8) is 0 Å². The summed E-state index contributed by atoms with van der Waals surface area (Å²) in [6.07, 6.45) is 5.04. The van der Waals surface area contributed by atoms with Gasteiger partial charge in [-0.05, 0) is 37.8 Å². The molecule has 0 aliphatic heterocycles. The zero-order valence-electron chi connectivity index (χ0n) is 11.9. The van der Waals surface area contributed by atoms with E-state index in [-0.39, 0.29) is 17.8 Å². The van der Waals surface area contributed by atoms with Crippen molar-refractivity contribution in [2.45, 2.75) is 31.6 Å². The van der Waals surface area contributed by atoms with Gasteiger partial charge in [-0.15, -0.1) is 0 Å². The largest absolute Gasteiger partial charge is 0.469 e. The smallest absolute Gasteiger partial charge is 0.308 e. The van der Waals surface area contributed by atoms with Crippen molar-refractivity contribution in [1.82, 2.24) is 15.1 Å². The van der Waals surface area contributed by atoms with Crippen molar-refractivity contribution in [3.8, 4) is 11.5 Å². The van der Waals surface area contributed by atoms with Crippen LogP contribution >= 0.6 is 0 Å². The van der Waals surface area contributed by atoms with Crippen molar-refractivity contribution in [1.29, 1.82) is 0 Å².